The predicted molar refractivity (Wildman–Crippen MR) is 240 cm³/mol. The van der Waals surface area contributed by atoms with Crippen LogP contribution >= 0.6 is 0 Å². The number of carboxylic acids is 2. The van der Waals surface area contributed by atoms with Crippen LogP contribution < -0.4 is 10.6 Å². The average molecular weight is 887 g/mol. The van der Waals surface area contributed by atoms with Gasteiger partial charge in [-0.1, -0.05) is 104 Å². The van der Waals surface area contributed by atoms with Crippen molar-refractivity contribution in [3.8, 4) is 0 Å². The van der Waals surface area contributed by atoms with E-state index in [9.17, 15) is 38.7 Å². The number of ketones is 3. The lowest BCUT2D eigenvalue weighted by Crippen LogP contribution is -2.41. The Morgan fingerprint density at radius 3 is 1.58 bits per heavy atom. The first kappa shape index (κ1) is 60.8. The summed E-state index contributed by atoms with van der Waals surface area (Å²) in [4.78, 5) is 79.8. The van der Waals surface area contributed by atoms with Crippen molar-refractivity contribution in [2.75, 3.05) is 59.9 Å². The summed E-state index contributed by atoms with van der Waals surface area (Å²) in [7, 11) is 1.46. The van der Waals surface area contributed by atoms with Crippen LogP contribution in [0.25, 0.3) is 0 Å². The number of hydrogen-bond acceptors (Lipinski definition) is 11. The molecule has 0 fully saturated rings. The van der Waals surface area contributed by atoms with Crippen LogP contribution in [0.3, 0.4) is 0 Å². The molecule has 0 aliphatic heterocycles. The van der Waals surface area contributed by atoms with Gasteiger partial charge in [0.25, 0.3) is 0 Å². The highest BCUT2D eigenvalue weighted by Gasteiger charge is 2.20. The van der Waals surface area contributed by atoms with E-state index in [1.54, 1.807) is 6.92 Å². The molecule has 0 aromatic carbocycles. The summed E-state index contributed by atoms with van der Waals surface area (Å²) in [6, 6.07) is -1.01. The van der Waals surface area contributed by atoms with Gasteiger partial charge in [-0.05, 0) is 51.9 Å². The minimum Gasteiger partial charge on any atom is -0.481 e. The Morgan fingerprint density at radius 1 is 0.516 bits per heavy atom. The van der Waals surface area contributed by atoms with E-state index in [4.69, 9.17) is 19.3 Å². The number of carbonyl (C=O) groups excluding carboxylic acids is 5. The number of rotatable bonds is 45. The van der Waals surface area contributed by atoms with Crippen LogP contribution in [0.15, 0.2) is 0 Å². The number of unbranched alkanes of at least 4 members (excludes halogenated alkanes) is 15. The zero-order chi connectivity index (χ0) is 46.5. The molecule has 0 spiro atoms. The molecule has 0 saturated carbocycles. The second-order valence-electron chi connectivity index (χ2n) is 16.2. The number of ether oxygens (including phenoxy) is 4. The third-order valence-electron chi connectivity index (χ3n) is 10.2. The number of hydrogen-bond donors (Lipinski definition) is 4. The van der Waals surface area contributed by atoms with E-state index in [1.165, 1.54) is 52.1 Å². The molecule has 62 heavy (non-hydrogen) atoms. The van der Waals surface area contributed by atoms with Gasteiger partial charge in [0.1, 0.15) is 30.8 Å². The fraction of sp³-hybridized carbons (Fsp3) is 0.851. The maximum Gasteiger partial charge on any atom is 0.326 e. The largest absolute Gasteiger partial charge is 0.481 e. The van der Waals surface area contributed by atoms with Crippen molar-refractivity contribution in [2.45, 2.75) is 194 Å². The molecule has 0 aromatic heterocycles. The van der Waals surface area contributed by atoms with Gasteiger partial charge >= 0.3 is 11.9 Å². The summed E-state index contributed by atoms with van der Waals surface area (Å²) in [6.45, 7) is 8.51. The molecular formula is C47H86N2O13. The third kappa shape index (κ3) is 46.2. The Hall–Kier alpha value is -3.27. The molecule has 0 radical (unpaired) electrons. The quantitative estimate of drug-likeness (QED) is 0.0427. The van der Waals surface area contributed by atoms with E-state index in [0.717, 1.165) is 77.0 Å². The van der Waals surface area contributed by atoms with Crippen LogP contribution in [-0.4, -0.2) is 117 Å². The van der Waals surface area contributed by atoms with Gasteiger partial charge in [0.05, 0.1) is 19.8 Å². The molecule has 0 bridgehead atoms. The number of Topliss-reactive ketones (excluding diaryl/α,β-unsaturated/α-hetero) is 3. The Kier molecular flexibility index (Phi) is 44.9. The molecule has 15 heteroatoms. The predicted octanol–water partition coefficient (Wildman–Crippen LogP) is 7.97. The van der Waals surface area contributed by atoms with E-state index in [1.807, 2.05) is 13.8 Å². The number of carboxylic acid groups (broad SMARTS) is 2. The second kappa shape index (κ2) is 45.7. The Labute approximate surface area is 373 Å². The van der Waals surface area contributed by atoms with Crippen molar-refractivity contribution in [2.24, 2.45) is 5.92 Å². The lowest BCUT2D eigenvalue weighted by molar-refractivity contribution is -0.142. The van der Waals surface area contributed by atoms with Crippen molar-refractivity contribution >= 4 is 41.1 Å². The highest BCUT2D eigenvalue weighted by molar-refractivity contribution is 5.84. The third-order valence-corrected chi connectivity index (χ3v) is 10.2. The number of carbonyl (C=O) groups is 7. The number of methoxy groups -OCH3 is 1. The fourth-order valence-corrected chi connectivity index (χ4v) is 6.33. The summed E-state index contributed by atoms with van der Waals surface area (Å²) >= 11 is 0. The van der Waals surface area contributed by atoms with E-state index < -0.39 is 18.0 Å². The van der Waals surface area contributed by atoms with Gasteiger partial charge in [-0.15, -0.1) is 0 Å². The lowest BCUT2D eigenvalue weighted by Gasteiger charge is -2.14. The summed E-state index contributed by atoms with van der Waals surface area (Å²) in [6.07, 6.45) is 22.6. The summed E-state index contributed by atoms with van der Waals surface area (Å²) in [5.74, 6) is -1.79. The van der Waals surface area contributed by atoms with Gasteiger partial charge in [0, 0.05) is 64.9 Å². The van der Waals surface area contributed by atoms with Gasteiger partial charge in [-0.25, -0.2) is 4.79 Å². The highest BCUT2D eigenvalue weighted by atomic mass is 16.5. The number of aliphatic carboxylic acids is 2. The topological polar surface area (TPSA) is 221 Å². The van der Waals surface area contributed by atoms with Crippen LogP contribution in [0.1, 0.15) is 188 Å². The zero-order valence-corrected chi connectivity index (χ0v) is 39.1. The van der Waals surface area contributed by atoms with Crippen LogP contribution in [0.5, 0.6) is 0 Å². The molecule has 0 heterocycles. The van der Waals surface area contributed by atoms with Crippen LogP contribution in [-0.2, 0) is 52.5 Å². The van der Waals surface area contributed by atoms with Crippen molar-refractivity contribution in [3.63, 3.8) is 0 Å². The van der Waals surface area contributed by atoms with E-state index in [-0.39, 0.29) is 67.6 Å². The van der Waals surface area contributed by atoms with E-state index >= 15 is 0 Å². The SMILES string of the molecule is CCCOCCCC(=O)CC[C@H](NC(=O)CCCCCCCCCCCCCCCCC(=O)O)C(=O)O.COCC(=O)NCCOCCOCC(=O)CCCCC[C@H](C)C(C)=O. The van der Waals surface area contributed by atoms with Crippen molar-refractivity contribution in [3.05, 3.63) is 0 Å². The maximum absolute atomic E-state index is 12.1. The number of amides is 2. The molecular weight excluding hydrogens is 801 g/mol. The van der Waals surface area contributed by atoms with Gasteiger partial charge in [-0.2, -0.15) is 0 Å². The molecule has 15 nitrogen and oxygen atoms in total. The number of nitrogens with one attached hydrogen (secondary N) is 2. The molecule has 0 aliphatic rings. The molecule has 0 aromatic rings. The molecule has 2 amide bonds. The maximum atomic E-state index is 12.1. The van der Waals surface area contributed by atoms with Crippen molar-refractivity contribution in [1.29, 1.82) is 0 Å². The second-order valence-corrected chi connectivity index (χ2v) is 16.2. The average Bonchev–Trinajstić information content (AvgIpc) is 3.22. The van der Waals surface area contributed by atoms with Crippen LogP contribution in [0.4, 0.5) is 0 Å². The fourth-order valence-electron chi connectivity index (χ4n) is 6.33. The minimum absolute atomic E-state index is 0.00515. The van der Waals surface area contributed by atoms with Gasteiger partial charge < -0.3 is 39.8 Å². The Balaban J connectivity index is 0. The van der Waals surface area contributed by atoms with Gasteiger partial charge in [0.2, 0.25) is 11.8 Å². The minimum atomic E-state index is -1.09. The van der Waals surface area contributed by atoms with Crippen molar-refractivity contribution in [1.82, 2.24) is 10.6 Å². The zero-order valence-electron chi connectivity index (χ0n) is 39.1. The summed E-state index contributed by atoms with van der Waals surface area (Å²) < 4.78 is 20.6. The van der Waals surface area contributed by atoms with Crippen LogP contribution in [0.2, 0.25) is 0 Å². The molecule has 4 N–H and O–H groups in total. The van der Waals surface area contributed by atoms with Gasteiger partial charge in [-0.3, -0.25) is 28.8 Å². The molecule has 0 saturated heterocycles. The monoisotopic (exact) mass is 887 g/mol. The highest BCUT2D eigenvalue weighted by Crippen LogP contribution is 2.15. The Morgan fingerprint density at radius 2 is 1.03 bits per heavy atom. The molecule has 362 valence electrons. The van der Waals surface area contributed by atoms with E-state index in [0.29, 0.717) is 65.3 Å². The lowest BCUT2D eigenvalue weighted by atomic mass is 9.99. The van der Waals surface area contributed by atoms with E-state index in [2.05, 4.69) is 15.4 Å². The van der Waals surface area contributed by atoms with Gasteiger partial charge in [0.15, 0.2) is 5.78 Å². The first-order valence-corrected chi connectivity index (χ1v) is 23.6. The molecule has 0 aliphatic carbocycles. The smallest absolute Gasteiger partial charge is 0.326 e. The molecule has 2 atom stereocenters. The first-order valence-electron chi connectivity index (χ1n) is 23.6. The normalized spacial score (nSPS) is 11.9. The standard InChI is InChI=1S/C29H53NO7.C18H33NO6/c1-2-23-37-24-17-18-25(31)21-22-26(29(35)36)30-27(32)19-15-13-11-9-7-5-3-4-6-8-10-12-14-16-20-28(33)34;1-15(16(2)20)7-5-4-6-8-17(21)13-25-12-11-24-10-9-19-18(22)14-23-3/h26H,2-24H2,1H3,(H,30,32)(H,33,34)(H,35,36);15H,4-14H2,1-3H3,(H,19,22)/t26-;15-/m00/s1. The molecule has 0 rings (SSSR count). The molecule has 0 unspecified atom stereocenters. The van der Waals surface area contributed by atoms with Crippen LogP contribution in [0, 0.1) is 5.92 Å². The first-order chi connectivity index (χ1) is 29.8. The summed E-state index contributed by atoms with van der Waals surface area (Å²) in [5.41, 5.74) is 0. The summed E-state index contributed by atoms with van der Waals surface area (Å²) in [5, 5.41) is 23.2. The van der Waals surface area contributed by atoms with Crippen molar-refractivity contribution < 1.29 is 62.7 Å². The Bertz CT molecular complexity index is 1170.